The molecule has 4 heterocycles. The van der Waals surface area contributed by atoms with Crippen molar-refractivity contribution in [1.29, 1.82) is 0 Å². The smallest absolute Gasteiger partial charge is 0.203 e. The van der Waals surface area contributed by atoms with E-state index in [4.69, 9.17) is 10.7 Å². The lowest BCUT2D eigenvalue weighted by molar-refractivity contribution is 0.444. The fourth-order valence-corrected chi connectivity index (χ4v) is 4.57. The van der Waals surface area contributed by atoms with Crippen molar-refractivity contribution in [2.45, 2.75) is 19.8 Å². The van der Waals surface area contributed by atoms with E-state index in [9.17, 15) is 0 Å². The molecule has 4 aromatic rings. The van der Waals surface area contributed by atoms with Crippen molar-refractivity contribution in [2.24, 2.45) is 5.92 Å². The van der Waals surface area contributed by atoms with Crippen LogP contribution in [0.2, 0.25) is 0 Å². The van der Waals surface area contributed by atoms with Gasteiger partial charge < -0.3 is 15.6 Å². The van der Waals surface area contributed by atoms with Crippen molar-refractivity contribution in [2.75, 3.05) is 23.7 Å². The van der Waals surface area contributed by atoms with E-state index < -0.39 is 0 Å². The summed E-state index contributed by atoms with van der Waals surface area (Å²) in [4.78, 5) is 10.8. The van der Waals surface area contributed by atoms with Crippen molar-refractivity contribution in [3.63, 3.8) is 0 Å². The lowest BCUT2D eigenvalue weighted by atomic mass is 10.0. The van der Waals surface area contributed by atoms with Crippen LogP contribution < -0.4 is 10.6 Å². The highest BCUT2D eigenvalue weighted by atomic mass is 32.1. The van der Waals surface area contributed by atoms with Gasteiger partial charge in [-0.3, -0.25) is 0 Å². The van der Waals surface area contributed by atoms with E-state index in [-0.39, 0.29) is 0 Å². The van der Waals surface area contributed by atoms with Crippen molar-refractivity contribution >= 4 is 33.2 Å². The Labute approximate surface area is 167 Å². The van der Waals surface area contributed by atoms with Gasteiger partial charge in [0.2, 0.25) is 5.13 Å². The molecule has 1 atom stereocenters. The SMILES string of the molecule is C[C@H]1CCCN(c2cccc(-c3c[nH]c4ccc(-c5nnc(N)s5)cc34)n2)C1. The molecule has 3 N–H and O–H groups in total. The minimum Gasteiger partial charge on any atom is -0.374 e. The number of pyridine rings is 1. The highest BCUT2D eigenvalue weighted by molar-refractivity contribution is 7.18. The number of aromatic nitrogens is 4. The summed E-state index contributed by atoms with van der Waals surface area (Å²) in [5.74, 6) is 1.78. The summed E-state index contributed by atoms with van der Waals surface area (Å²) >= 11 is 1.40. The first-order valence-electron chi connectivity index (χ1n) is 9.60. The van der Waals surface area contributed by atoms with Gasteiger partial charge in [0.25, 0.3) is 0 Å². The van der Waals surface area contributed by atoms with Crippen LogP contribution in [-0.2, 0) is 0 Å². The molecule has 0 aliphatic carbocycles. The second-order valence-electron chi connectivity index (χ2n) is 7.48. The molecule has 142 valence electrons. The first kappa shape index (κ1) is 17.2. The van der Waals surface area contributed by atoms with Gasteiger partial charge in [0.05, 0.1) is 5.69 Å². The monoisotopic (exact) mass is 390 g/mol. The van der Waals surface area contributed by atoms with E-state index in [2.05, 4.69) is 57.3 Å². The Morgan fingerprint density at radius 2 is 2.14 bits per heavy atom. The number of anilines is 2. The van der Waals surface area contributed by atoms with Gasteiger partial charge >= 0.3 is 0 Å². The maximum absolute atomic E-state index is 5.75. The third-order valence-corrected chi connectivity index (χ3v) is 6.16. The number of nitrogens with zero attached hydrogens (tertiary/aromatic N) is 4. The van der Waals surface area contributed by atoms with Crippen LogP contribution in [0.3, 0.4) is 0 Å². The molecule has 0 bridgehead atoms. The van der Waals surface area contributed by atoms with E-state index in [1.54, 1.807) is 0 Å². The number of fused-ring (bicyclic) bond motifs is 1. The molecule has 1 aromatic carbocycles. The van der Waals surface area contributed by atoms with E-state index in [1.165, 1.54) is 24.2 Å². The predicted octanol–water partition coefficient (Wildman–Crippen LogP) is 4.57. The zero-order valence-corrected chi connectivity index (χ0v) is 16.5. The first-order chi connectivity index (χ1) is 13.7. The molecule has 1 aliphatic rings. The molecule has 1 saturated heterocycles. The Kier molecular flexibility index (Phi) is 4.24. The van der Waals surface area contributed by atoms with Gasteiger partial charge in [-0.25, -0.2) is 4.98 Å². The number of piperidine rings is 1. The van der Waals surface area contributed by atoms with E-state index in [1.807, 2.05) is 12.3 Å². The molecule has 28 heavy (non-hydrogen) atoms. The Bertz CT molecular complexity index is 1130. The summed E-state index contributed by atoms with van der Waals surface area (Å²) in [5, 5.41) is 10.5. The van der Waals surface area contributed by atoms with Gasteiger partial charge in [-0.15, -0.1) is 10.2 Å². The molecular weight excluding hydrogens is 368 g/mol. The molecular formula is C21H22N6S. The van der Waals surface area contributed by atoms with E-state index in [0.717, 1.165) is 51.6 Å². The fraction of sp³-hybridized carbons (Fsp3) is 0.286. The summed E-state index contributed by atoms with van der Waals surface area (Å²) < 4.78 is 0. The van der Waals surface area contributed by atoms with Crippen molar-refractivity contribution in [3.8, 4) is 21.8 Å². The fourth-order valence-electron chi connectivity index (χ4n) is 3.96. The van der Waals surface area contributed by atoms with Gasteiger partial charge in [0.15, 0.2) is 0 Å². The minimum absolute atomic E-state index is 0.481. The summed E-state index contributed by atoms with van der Waals surface area (Å²) in [7, 11) is 0. The topological polar surface area (TPSA) is 83.7 Å². The summed E-state index contributed by atoms with van der Waals surface area (Å²) in [5.41, 5.74) is 9.93. The lowest BCUT2D eigenvalue weighted by Gasteiger charge is -2.32. The first-order valence-corrected chi connectivity index (χ1v) is 10.4. The molecule has 6 nitrogen and oxygen atoms in total. The zero-order chi connectivity index (χ0) is 19.1. The second-order valence-corrected chi connectivity index (χ2v) is 8.49. The van der Waals surface area contributed by atoms with Crippen LogP contribution in [0, 0.1) is 5.92 Å². The second kappa shape index (κ2) is 6.91. The number of H-pyrrole nitrogens is 1. The maximum Gasteiger partial charge on any atom is 0.203 e. The maximum atomic E-state index is 5.75. The predicted molar refractivity (Wildman–Crippen MR) is 115 cm³/mol. The molecule has 0 spiro atoms. The molecule has 0 unspecified atom stereocenters. The van der Waals surface area contributed by atoms with Crippen LogP contribution in [0.1, 0.15) is 19.8 Å². The van der Waals surface area contributed by atoms with Gasteiger partial charge in [-0.05, 0) is 49.1 Å². The highest BCUT2D eigenvalue weighted by Gasteiger charge is 2.18. The van der Waals surface area contributed by atoms with Crippen LogP contribution in [0.5, 0.6) is 0 Å². The van der Waals surface area contributed by atoms with Gasteiger partial charge in [0.1, 0.15) is 10.8 Å². The summed E-state index contributed by atoms with van der Waals surface area (Å²) in [6.45, 7) is 4.47. The van der Waals surface area contributed by atoms with Crippen LogP contribution in [-0.4, -0.2) is 33.3 Å². The number of hydrogen-bond donors (Lipinski definition) is 2. The van der Waals surface area contributed by atoms with Crippen molar-refractivity contribution < 1.29 is 0 Å². The average Bonchev–Trinajstić information content (AvgIpc) is 3.34. The molecule has 1 fully saturated rings. The molecule has 3 aromatic heterocycles. The number of nitrogens with one attached hydrogen (secondary N) is 1. The van der Waals surface area contributed by atoms with Crippen LogP contribution >= 0.6 is 11.3 Å². The number of rotatable bonds is 3. The average molecular weight is 391 g/mol. The third kappa shape index (κ3) is 3.11. The normalized spacial score (nSPS) is 17.3. The number of nitrogens with two attached hydrogens (primary N) is 1. The van der Waals surface area contributed by atoms with Crippen molar-refractivity contribution in [3.05, 3.63) is 42.6 Å². The molecule has 0 saturated carbocycles. The molecule has 0 amide bonds. The molecule has 1 aliphatic heterocycles. The molecule has 7 heteroatoms. The summed E-state index contributed by atoms with van der Waals surface area (Å²) in [6.07, 6.45) is 4.57. The largest absolute Gasteiger partial charge is 0.374 e. The van der Waals surface area contributed by atoms with Crippen LogP contribution in [0.4, 0.5) is 10.9 Å². The lowest BCUT2D eigenvalue weighted by Crippen LogP contribution is -2.34. The molecule has 0 radical (unpaired) electrons. The van der Waals surface area contributed by atoms with Gasteiger partial charge in [0, 0.05) is 41.3 Å². The number of benzene rings is 1. The highest BCUT2D eigenvalue weighted by Crippen LogP contribution is 2.33. The Morgan fingerprint density at radius 3 is 2.96 bits per heavy atom. The standard InChI is InChI=1S/C21H22N6S/c1-13-4-3-9-27(12-13)19-6-2-5-18(24-19)16-11-23-17-8-7-14(10-15(16)17)20-25-26-21(22)28-20/h2,5-8,10-11,13,23H,3-4,9,12H2,1H3,(H2,22,26)/t13-/m0/s1. The van der Waals surface area contributed by atoms with E-state index in [0.29, 0.717) is 11.0 Å². The number of hydrogen-bond acceptors (Lipinski definition) is 6. The quantitative estimate of drug-likeness (QED) is 0.535. The Hall–Kier alpha value is -2.93. The zero-order valence-electron chi connectivity index (χ0n) is 15.7. The Morgan fingerprint density at radius 1 is 1.21 bits per heavy atom. The van der Waals surface area contributed by atoms with Crippen LogP contribution in [0.25, 0.3) is 32.7 Å². The minimum atomic E-state index is 0.481. The number of nitrogen functional groups attached to an aromatic ring is 1. The van der Waals surface area contributed by atoms with Gasteiger partial charge in [-0.1, -0.05) is 24.3 Å². The summed E-state index contributed by atoms with van der Waals surface area (Å²) in [6, 6.07) is 12.5. The Balaban J connectivity index is 1.55. The van der Waals surface area contributed by atoms with Crippen molar-refractivity contribution in [1.82, 2.24) is 20.2 Å². The van der Waals surface area contributed by atoms with Gasteiger partial charge in [-0.2, -0.15) is 0 Å². The van der Waals surface area contributed by atoms with Crippen LogP contribution in [0.15, 0.2) is 42.6 Å². The third-order valence-electron chi connectivity index (χ3n) is 5.36. The molecule has 5 rings (SSSR count). The van der Waals surface area contributed by atoms with E-state index >= 15 is 0 Å². The number of aromatic amines is 1.